The van der Waals surface area contributed by atoms with E-state index in [-0.39, 0.29) is 23.3 Å². The number of hydrogen-bond acceptors (Lipinski definition) is 5. The number of likely N-dealkylation sites (tertiary alicyclic amines) is 1. The molecule has 2 aromatic rings. The van der Waals surface area contributed by atoms with Crippen LogP contribution in [-0.2, 0) is 4.79 Å². The summed E-state index contributed by atoms with van der Waals surface area (Å²) in [5, 5.41) is 5.04. The van der Waals surface area contributed by atoms with Crippen molar-refractivity contribution < 1.29 is 14.3 Å². The zero-order chi connectivity index (χ0) is 21.8. The van der Waals surface area contributed by atoms with Gasteiger partial charge in [0.1, 0.15) is 22.8 Å². The molecule has 1 aromatic heterocycles. The van der Waals surface area contributed by atoms with E-state index in [1.54, 1.807) is 34.9 Å². The SMILES string of the molecule is C=CC(=O)N1CCCC(n2nc(-c3ccc(OC)cc3Cl)c(C(N)=O)c2N)CCC1. The van der Waals surface area contributed by atoms with Crippen molar-refractivity contribution in [3.8, 4) is 17.0 Å². The Hall–Kier alpha value is -3.00. The number of nitrogens with zero attached hydrogens (tertiary/aromatic N) is 3. The summed E-state index contributed by atoms with van der Waals surface area (Å²) >= 11 is 6.41. The summed E-state index contributed by atoms with van der Waals surface area (Å²) in [6, 6.07) is 5.12. The van der Waals surface area contributed by atoms with E-state index in [9.17, 15) is 9.59 Å². The summed E-state index contributed by atoms with van der Waals surface area (Å²) < 4.78 is 6.87. The first kappa shape index (κ1) is 21.7. The van der Waals surface area contributed by atoms with E-state index in [1.165, 1.54) is 6.08 Å². The Bertz CT molecular complexity index is 962. The number of hydrogen-bond donors (Lipinski definition) is 2. The number of carbonyl (C=O) groups excluding carboxylic acids is 2. The molecule has 0 saturated carbocycles. The van der Waals surface area contributed by atoms with Crippen molar-refractivity contribution in [2.24, 2.45) is 5.73 Å². The van der Waals surface area contributed by atoms with Crippen molar-refractivity contribution in [2.75, 3.05) is 25.9 Å². The van der Waals surface area contributed by atoms with Crippen molar-refractivity contribution in [1.29, 1.82) is 0 Å². The largest absolute Gasteiger partial charge is 0.497 e. The Morgan fingerprint density at radius 1 is 1.30 bits per heavy atom. The Morgan fingerprint density at radius 3 is 2.50 bits per heavy atom. The highest BCUT2D eigenvalue weighted by molar-refractivity contribution is 6.33. The molecule has 9 heteroatoms. The number of ether oxygens (including phenoxy) is 1. The molecule has 0 unspecified atom stereocenters. The fraction of sp³-hybridized carbons (Fsp3) is 0.381. The molecule has 0 spiro atoms. The number of anilines is 1. The van der Waals surface area contributed by atoms with Gasteiger partial charge in [0.05, 0.1) is 18.2 Å². The Kier molecular flexibility index (Phi) is 6.66. The molecule has 1 aliphatic rings. The third kappa shape index (κ3) is 4.28. The maximum atomic E-state index is 12.2. The van der Waals surface area contributed by atoms with Crippen LogP contribution >= 0.6 is 11.6 Å². The summed E-state index contributed by atoms with van der Waals surface area (Å²) in [4.78, 5) is 25.9. The number of aromatic nitrogens is 2. The van der Waals surface area contributed by atoms with Crippen LogP contribution in [0.2, 0.25) is 5.02 Å². The van der Waals surface area contributed by atoms with E-state index in [0.29, 0.717) is 35.1 Å². The predicted molar refractivity (Wildman–Crippen MR) is 116 cm³/mol. The number of halogens is 1. The molecule has 2 amide bonds. The molecule has 1 fully saturated rings. The highest BCUT2D eigenvalue weighted by atomic mass is 35.5. The van der Waals surface area contributed by atoms with Crippen LogP contribution in [0.1, 0.15) is 42.1 Å². The molecule has 0 atom stereocenters. The summed E-state index contributed by atoms with van der Waals surface area (Å²) in [6.07, 6.45) is 4.44. The molecule has 0 bridgehead atoms. The third-order valence-electron chi connectivity index (χ3n) is 5.39. The van der Waals surface area contributed by atoms with Gasteiger partial charge in [-0.15, -0.1) is 0 Å². The molecule has 1 saturated heterocycles. The monoisotopic (exact) mass is 431 g/mol. The molecule has 3 rings (SSSR count). The lowest BCUT2D eigenvalue weighted by atomic mass is 10.0. The van der Waals surface area contributed by atoms with Crippen LogP contribution in [0.4, 0.5) is 5.82 Å². The highest BCUT2D eigenvalue weighted by Gasteiger charge is 2.27. The minimum Gasteiger partial charge on any atom is -0.497 e. The van der Waals surface area contributed by atoms with E-state index >= 15 is 0 Å². The normalized spacial score (nSPS) is 15.3. The second-order valence-corrected chi connectivity index (χ2v) is 7.64. The number of amides is 2. The number of nitrogens with two attached hydrogens (primary N) is 2. The lowest BCUT2D eigenvalue weighted by Gasteiger charge is -2.27. The Labute approximate surface area is 180 Å². The fourth-order valence-corrected chi connectivity index (χ4v) is 4.12. The Morgan fingerprint density at radius 2 is 1.97 bits per heavy atom. The molecule has 0 aliphatic carbocycles. The maximum absolute atomic E-state index is 12.2. The lowest BCUT2D eigenvalue weighted by Crippen LogP contribution is -2.33. The molecule has 1 aromatic carbocycles. The zero-order valence-electron chi connectivity index (χ0n) is 16.9. The van der Waals surface area contributed by atoms with E-state index in [0.717, 1.165) is 25.7 Å². The lowest BCUT2D eigenvalue weighted by molar-refractivity contribution is -0.126. The van der Waals surface area contributed by atoms with Crippen molar-refractivity contribution >= 4 is 29.2 Å². The second kappa shape index (κ2) is 9.21. The van der Waals surface area contributed by atoms with E-state index < -0.39 is 5.91 Å². The van der Waals surface area contributed by atoms with Gasteiger partial charge < -0.3 is 21.1 Å². The molecule has 0 radical (unpaired) electrons. The minimum atomic E-state index is -0.658. The quantitative estimate of drug-likeness (QED) is 0.705. The van der Waals surface area contributed by atoms with Gasteiger partial charge in [-0.05, 0) is 50.0 Å². The number of benzene rings is 1. The first-order valence-electron chi connectivity index (χ1n) is 9.80. The third-order valence-corrected chi connectivity index (χ3v) is 5.70. The van der Waals surface area contributed by atoms with E-state index in [4.69, 9.17) is 27.8 Å². The first-order valence-corrected chi connectivity index (χ1v) is 10.2. The number of primary amides is 1. The van der Waals surface area contributed by atoms with Gasteiger partial charge in [-0.3, -0.25) is 9.59 Å². The highest BCUT2D eigenvalue weighted by Crippen LogP contribution is 2.37. The fourth-order valence-electron chi connectivity index (χ4n) is 3.86. The van der Waals surface area contributed by atoms with Gasteiger partial charge in [0, 0.05) is 18.7 Å². The van der Waals surface area contributed by atoms with Crippen LogP contribution in [0.5, 0.6) is 5.75 Å². The molecular formula is C21H26ClN5O3. The topological polar surface area (TPSA) is 116 Å². The number of nitrogen functional groups attached to an aromatic ring is 1. The van der Waals surface area contributed by atoms with Crippen LogP contribution < -0.4 is 16.2 Å². The summed E-state index contributed by atoms with van der Waals surface area (Å²) in [5.74, 6) is 0.109. The predicted octanol–water partition coefficient (Wildman–Crippen LogP) is 3.02. The van der Waals surface area contributed by atoms with Gasteiger partial charge in [-0.25, -0.2) is 4.68 Å². The molecule has 1 aliphatic heterocycles. The summed E-state index contributed by atoms with van der Waals surface area (Å²) in [6.45, 7) is 4.84. The van der Waals surface area contributed by atoms with Crippen molar-refractivity contribution in [1.82, 2.24) is 14.7 Å². The van der Waals surface area contributed by atoms with Gasteiger partial charge in [0.25, 0.3) is 5.91 Å². The van der Waals surface area contributed by atoms with Crippen molar-refractivity contribution in [2.45, 2.75) is 31.7 Å². The van der Waals surface area contributed by atoms with Crippen LogP contribution in [0.25, 0.3) is 11.3 Å². The number of methoxy groups -OCH3 is 1. The number of carbonyl (C=O) groups is 2. The average molecular weight is 432 g/mol. The maximum Gasteiger partial charge on any atom is 0.254 e. The molecule has 30 heavy (non-hydrogen) atoms. The van der Waals surface area contributed by atoms with Crippen molar-refractivity contribution in [3.05, 3.63) is 41.4 Å². The molecule has 4 N–H and O–H groups in total. The standard InChI is InChI=1S/C21H26ClN5O3/c1-3-17(28)26-10-4-6-13(7-5-11-26)27-20(23)18(21(24)29)19(25-27)15-9-8-14(30-2)12-16(15)22/h3,8-9,12-13H,1,4-7,10-11,23H2,2H3,(H2,24,29). The molecular weight excluding hydrogens is 406 g/mol. The summed E-state index contributed by atoms with van der Waals surface area (Å²) in [7, 11) is 1.55. The van der Waals surface area contributed by atoms with Crippen LogP contribution in [-0.4, -0.2) is 46.7 Å². The first-order chi connectivity index (χ1) is 14.4. The van der Waals surface area contributed by atoms with Gasteiger partial charge >= 0.3 is 0 Å². The van der Waals surface area contributed by atoms with Gasteiger partial charge in [0.2, 0.25) is 5.91 Å². The molecule has 8 nitrogen and oxygen atoms in total. The van der Waals surface area contributed by atoms with Gasteiger partial charge in [-0.2, -0.15) is 5.10 Å². The Balaban J connectivity index is 1.93. The molecule has 160 valence electrons. The van der Waals surface area contributed by atoms with E-state index in [1.807, 2.05) is 0 Å². The number of rotatable bonds is 5. The van der Waals surface area contributed by atoms with Crippen LogP contribution in [0, 0.1) is 0 Å². The average Bonchev–Trinajstić information content (AvgIpc) is 3.04. The van der Waals surface area contributed by atoms with Crippen molar-refractivity contribution in [3.63, 3.8) is 0 Å². The zero-order valence-corrected chi connectivity index (χ0v) is 17.7. The van der Waals surface area contributed by atoms with Gasteiger partial charge in [-0.1, -0.05) is 18.2 Å². The van der Waals surface area contributed by atoms with Gasteiger partial charge in [0.15, 0.2) is 0 Å². The van der Waals surface area contributed by atoms with E-state index in [2.05, 4.69) is 11.7 Å². The summed E-state index contributed by atoms with van der Waals surface area (Å²) in [5.41, 5.74) is 13.0. The second-order valence-electron chi connectivity index (χ2n) is 7.23. The van der Waals surface area contributed by atoms with Crippen LogP contribution in [0.15, 0.2) is 30.9 Å². The smallest absolute Gasteiger partial charge is 0.254 e. The minimum absolute atomic E-state index is 0.00476. The molecule has 2 heterocycles. The van der Waals surface area contributed by atoms with Crippen LogP contribution in [0.3, 0.4) is 0 Å².